The van der Waals surface area contributed by atoms with Crippen LogP contribution in [-0.4, -0.2) is 32.2 Å². The van der Waals surface area contributed by atoms with Crippen LogP contribution in [0.3, 0.4) is 0 Å². The van der Waals surface area contributed by atoms with Gasteiger partial charge in [-0.05, 0) is 49.8 Å². The van der Waals surface area contributed by atoms with Crippen LogP contribution in [-0.2, 0) is 14.3 Å². The normalized spacial score (nSPS) is 11.7. The third-order valence-corrected chi connectivity index (χ3v) is 3.79. The number of anilines is 1. The molecule has 0 heterocycles. The number of hydrogen-bond acceptors (Lipinski definition) is 5. The molecule has 2 rings (SSSR count). The van der Waals surface area contributed by atoms with Crippen LogP contribution in [0.2, 0.25) is 0 Å². The highest BCUT2D eigenvalue weighted by molar-refractivity contribution is 5.96. The lowest BCUT2D eigenvalue weighted by Crippen LogP contribution is -2.29. The topological polar surface area (TPSA) is 73.9 Å². The first kappa shape index (κ1) is 20.0. The number of carbonyl (C=O) groups is 2. The molecule has 0 saturated carbocycles. The summed E-state index contributed by atoms with van der Waals surface area (Å²) in [7, 11) is 3.09. The largest absolute Gasteiger partial charge is 0.497 e. The maximum absolute atomic E-state index is 12.2. The van der Waals surface area contributed by atoms with Crippen LogP contribution in [0.5, 0.6) is 11.5 Å². The van der Waals surface area contributed by atoms with E-state index in [1.54, 1.807) is 37.5 Å². The molecular weight excluding hydrogens is 346 g/mol. The summed E-state index contributed by atoms with van der Waals surface area (Å²) in [5.41, 5.74) is 2.36. The Morgan fingerprint density at radius 2 is 1.85 bits per heavy atom. The fourth-order valence-corrected chi connectivity index (χ4v) is 2.35. The van der Waals surface area contributed by atoms with Gasteiger partial charge in [0.1, 0.15) is 11.5 Å². The van der Waals surface area contributed by atoms with Crippen LogP contribution < -0.4 is 14.8 Å². The number of esters is 1. The summed E-state index contributed by atoms with van der Waals surface area (Å²) in [6.45, 7) is 3.45. The van der Waals surface area contributed by atoms with E-state index in [4.69, 9.17) is 14.2 Å². The van der Waals surface area contributed by atoms with Crippen molar-refractivity contribution in [1.82, 2.24) is 0 Å². The van der Waals surface area contributed by atoms with Gasteiger partial charge in [-0.15, -0.1) is 0 Å². The van der Waals surface area contributed by atoms with Gasteiger partial charge >= 0.3 is 5.97 Å². The molecule has 0 aliphatic rings. The van der Waals surface area contributed by atoms with E-state index < -0.39 is 18.0 Å². The Kier molecular flexibility index (Phi) is 7.00. The second-order valence-corrected chi connectivity index (χ2v) is 5.88. The van der Waals surface area contributed by atoms with E-state index >= 15 is 0 Å². The van der Waals surface area contributed by atoms with Gasteiger partial charge in [-0.3, -0.25) is 4.79 Å². The molecule has 0 fully saturated rings. The number of nitrogens with one attached hydrogen (secondary N) is 1. The van der Waals surface area contributed by atoms with Crippen molar-refractivity contribution >= 4 is 23.6 Å². The number of ether oxygens (including phenoxy) is 3. The van der Waals surface area contributed by atoms with Gasteiger partial charge in [0, 0.05) is 23.4 Å². The lowest BCUT2D eigenvalue weighted by molar-refractivity contribution is -0.148. The van der Waals surface area contributed by atoms with Crippen LogP contribution in [0.25, 0.3) is 6.08 Å². The first-order chi connectivity index (χ1) is 12.9. The number of carbonyl (C=O) groups excluding carboxylic acids is 2. The monoisotopic (exact) mass is 369 g/mol. The predicted octanol–water partition coefficient (Wildman–Crippen LogP) is 3.60. The molecule has 27 heavy (non-hydrogen) atoms. The van der Waals surface area contributed by atoms with E-state index in [9.17, 15) is 9.59 Å². The van der Waals surface area contributed by atoms with E-state index in [1.807, 2.05) is 25.1 Å². The number of hydrogen-bond donors (Lipinski definition) is 1. The van der Waals surface area contributed by atoms with E-state index in [-0.39, 0.29) is 0 Å². The summed E-state index contributed by atoms with van der Waals surface area (Å²) in [5, 5.41) is 2.72. The molecule has 1 atom stereocenters. The molecule has 0 unspecified atom stereocenters. The van der Waals surface area contributed by atoms with Gasteiger partial charge in [-0.2, -0.15) is 0 Å². The van der Waals surface area contributed by atoms with E-state index in [0.29, 0.717) is 22.7 Å². The van der Waals surface area contributed by atoms with Gasteiger partial charge in [0.15, 0.2) is 6.10 Å². The van der Waals surface area contributed by atoms with E-state index in [1.165, 1.54) is 20.1 Å². The van der Waals surface area contributed by atoms with Crippen LogP contribution >= 0.6 is 0 Å². The molecule has 0 aliphatic carbocycles. The molecule has 142 valence electrons. The Morgan fingerprint density at radius 3 is 2.52 bits per heavy atom. The Hall–Kier alpha value is -3.28. The summed E-state index contributed by atoms with van der Waals surface area (Å²) in [6.07, 6.45) is 1.88. The van der Waals surface area contributed by atoms with Crippen molar-refractivity contribution in [3.8, 4) is 11.5 Å². The van der Waals surface area contributed by atoms with Gasteiger partial charge in [0.25, 0.3) is 5.91 Å². The average Bonchev–Trinajstić information content (AvgIpc) is 2.66. The SMILES string of the molecule is COc1ccc(/C=C/C(=O)O[C@H](C)C(=O)Nc2cccc(C)c2)c(OC)c1. The molecule has 6 heteroatoms. The molecule has 0 spiro atoms. The molecular formula is C21H23NO5. The molecule has 1 N–H and O–H groups in total. The number of methoxy groups -OCH3 is 2. The van der Waals surface area contributed by atoms with Crippen molar-refractivity contribution in [1.29, 1.82) is 0 Å². The van der Waals surface area contributed by atoms with Gasteiger partial charge in [0.2, 0.25) is 0 Å². The summed E-state index contributed by atoms with van der Waals surface area (Å²) in [6, 6.07) is 12.6. The first-order valence-corrected chi connectivity index (χ1v) is 8.41. The fourth-order valence-electron chi connectivity index (χ4n) is 2.35. The second kappa shape index (κ2) is 9.43. The standard InChI is InChI=1S/C21H23NO5/c1-14-6-5-7-17(12-14)22-21(24)15(2)27-20(23)11-9-16-8-10-18(25-3)13-19(16)26-4/h5-13,15H,1-4H3,(H,22,24)/b11-9+/t15-/m1/s1. The maximum Gasteiger partial charge on any atom is 0.331 e. The molecule has 1 amide bonds. The molecule has 0 bridgehead atoms. The van der Waals surface area contributed by atoms with Crippen molar-refractivity contribution in [2.75, 3.05) is 19.5 Å². The molecule has 0 aromatic heterocycles. The lowest BCUT2D eigenvalue weighted by atomic mass is 10.1. The number of rotatable bonds is 7. The average molecular weight is 369 g/mol. The molecule has 0 saturated heterocycles. The summed E-state index contributed by atoms with van der Waals surface area (Å²) < 4.78 is 15.6. The van der Waals surface area contributed by atoms with Crippen LogP contribution in [0, 0.1) is 6.92 Å². The van der Waals surface area contributed by atoms with Crippen LogP contribution in [0.4, 0.5) is 5.69 Å². The minimum Gasteiger partial charge on any atom is -0.497 e. The second-order valence-electron chi connectivity index (χ2n) is 5.88. The van der Waals surface area contributed by atoms with Crippen molar-refractivity contribution < 1.29 is 23.8 Å². The minimum atomic E-state index is -0.930. The molecule has 2 aromatic rings. The van der Waals surface area contributed by atoms with Gasteiger partial charge in [-0.25, -0.2) is 4.79 Å². The van der Waals surface area contributed by atoms with Crippen molar-refractivity contribution in [2.24, 2.45) is 0 Å². The zero-order chi connectivity index (χ0) is 19.8. The highest BCUT2D eigenvalue weighted by atomic mass is 16.5. The smallest absolute Gasteiger partial charge is 0.331 e. The molecule has 6 nitrogen and oxygen atoms in total. The van der Waals surface area contributed by atoms with E-state index in [2.05, 4.69) is 5.32 Å². The number of benzene rings is 2. The summed E-state index contributed by atoms with van der Waals surface area (Å²) >= 11 is 0. The van der Waals surface area contributed by atoms with Crippen LogP contribution in [0.15, 0.2) is 48.5 Å². The fraction of sp³-hybridized carbons (Fsp3) is 0.238. The Labute approximate surface area is 158 Å². The molecule has 0 aliphatic heterocycles. The quantitative estimate of drug-likeness (QED) is 0.596. The summed E-state index contributed by atoms with van der Waals surface area (Å²) in [4.78, 5) is 24.2. The zero-order valence-corrected chi connectivity index (χ0v) is 15.8. The lowest BCUT2D eigenvalue weighted by Gasteiger charge is -2.12. The number of amides is 1. The minimum absolute atomic E-state index is 0.399. The molecule has 0 radical (unpaired) electrons. The maximum atomic E-state index is 12.2. The predicted molar refractivity (Wildman–Crippen MR) is 104 cm³/mol. The van der Waals surface area contributed by atoms with Crippen molar-refractivity contribution in [2.45, 2.75) is 20.0 Å². The third-order valence-electron chi connectivity index (χ3n) is 3.79. The highest BCUT2D eigenvalue weighted by Gasteiger charge is 2.16. The Morgan fingerprint density at radius 1 is 1.07 bits per heavy atom. The first-order valence-electron chi connectivity index (χ1n) is 8.41. The summed E-state index contributed by atoms with van der Waals surface area (Å²) in [5.74, 6) is 0.181. The van der Waals surface area contributed by atoms with Crippen LogP contribution in [0.1, 0.15) is 18.1 Å². The van der Waals surface area contributed by atoms with Gasteiger partial charge < -0.3 is 19.5 Å². The van der Waals surface area contributed by atoms with Crippen molar-refractivity contribution in [3.05, 3.63) is 59.7 Å². The highest BCUT2D eigenvalue weighted by Crippen LogP contribution is 2.25. The van der Waals surface area contributed by atoms with Gasteiger partial charge in [-0.1, -0.05) is 12.1 Å². The molecule has 2 aromatic carbocycles. The Bertz CT molecular complexity index is 844. The van der Waals surface area contributed by atoms with E-state index in [0.717, 1.165) is 5.56 Å². The zero-order valence-electron chi connectivity index (χ0n) is 15.8. The number of aryl methyl sites for hydroxylation is 1. The van der Waals surface area contributed by atoms with Crippen molar-refractivity contribution in [3.63, 3.8) is 0 Å². The Balaban J connectivity index is 1.96. The third kappa shape index (κ3) is 5.88. The van der Waals surface area contributed by atoms with Gasteiger partial charge in [0.05, 0.1) is 14.2 Å².